The highest BCUT2D eigenvalue weighted by Crippen LogP contribution is 2.15. The number of unbranched alkanes of at least 4 members (excludes halogenated alkanes) is 5. The van der Waals surface area contributed by atoms with Gasteiger partial charge in [-0.05, 0) is 51.3 Å². The van der Waals surface area contributed by atoms with Gasteiger partial charge in [-0.3, -0.25) is 4.79 Å². The molecule has 0 aromatic heterocycles. The number of esters is 1. The smallest absolute Gasteiger partial charge is 0.308 e. The molecule has 0 aliphatic heterocycles. The highest BCUT2D eigenvalue weighted by Gasteiger charge is 2.15. The Kier molecular flexibility index (Phi) is 29.8. The van der Waals surface area contributed by atoms with Crippen molar-refractivity contribution >= 4 is 5.97 Å². The van der Waals surface area contributed by atoms with Crippen molar-refractivity contribution in [3.8, 4) is 5.75 Å². The zero-order valence-electron chi connectivity index (χ0n) is 30.5. The molecule has 0 spiro atoms. The molecular weight excluding hydrogens is 620 g/mol. The highest BCUT2D eigenvalue weighted by atomic mass is 16.6. The van der Waals surface area contributed by atoms with Gasteiger partial charge in [0.05, 0.1) is 112 Å². The fourth-order valence-corrected chi connectivity index (χ4v) is 4.27. The van der Waals surface area contributed by atoms with Crippen LogP contribution in [0.3, 0.4) is 0 Å². The van der Waals surface area contributed by atoms with Gasteiger partial charge in [0.25, 0.3) is 0 Å². The second-order valence-corrected chi connectivity index (χ2v) is 12.2. The van der Waals surface area contributed by atoms with Crippen LogP contribution in [0.1, 0.15) is 78.2 Å². The second-order valence-electron chi connectivity index (χ2n) is 12.2. The number of rotatable bonds is 35. The molecule has 1 aromatic rings. The molecule has 0 radical (unpaired) electrons. The van der Waals surface area contributed by atoms with Gasteiger partial charge >= 0.3 is 5.97 Å². The Morgan fingerprint density at radius 3 is 1.29 bits per heavy atom. The normalized spacial score (nSPS) is 11.7. The van der Waals surface area contributed by atoms with Gasteiger partial charge in [-0.15, -0.1) is 0 Å². The first-order chi connectivity index (χ1) is 23.4. The summed E-state index contributed by atoms with van der Waals surface area (Å²) in [4.78, 5) is 11.6. The summed E-state index contributed by atoms with van der Waals surface area (Å²) in [6.45, 7) is 16.1. The van der Waals surface area contributed by atoms with E-state index in [-0.39, 0.29) is 12.4 Å². The maximum absolute atomic E-state index is 11.6. The van der Waals surface area contributed by atoms with E-state index in [0.29, 0.717) is 112 Å². The molecule has 0 atom stereocenters. The van der Waals surface area contributed by atoms with Crippen LogP contribution >= 0.6 is 0 Å². The minimum absolute atomic E-state index is 0.235. The van der Waals surface area contributed by atoms with Gasteiger partial charge in [-0.25, -0.2) is 0 Å². The second kappa shape index (κ2) is 32.4. The molecule has 0 aliphatic carbocycles. The van der Waals surface area contributed by atoms with Crippen LogP contribution < -0.4 is 4.74 Å². The average Bonchev–Trinajstić information content (AvgIpc) is 3.05. The summed E-state index contributed by atoms with van der Waals surface area (Å²) >= 11 is 0. The van der Waals surface area contributed by atoms with Gasteiger partial charge in [-0.2, -0.15) is 0 Å². The molecule has 1 aromatic carbocycles. The molecule has 0 heterocycles. The summed E-state index contributed by atoms with van der Waals surface area (Å²) < 4.78 is 54.9. The Bertz CT molecular complexity index is 830. The summed E-state index contributed by atoms with van der Waals surface area (Å²) in [7, 11) is 0. The van der Waals surface area contributed by atoms with Gasteiger partial charge in [0, 0.05) is 0 Å². The first-order valence-electron chi connectivity index (χ1n) is 18.0. The van der Waals surface area contributed by atoms with E-state index in [0.717, 1.165) is 12.2 Å². The minimum atomic E-state index is -0.471. The zero-order chi connectivity index (χ0) is 34.8. The first kappa shape index (κ1) is 44.2. The maximum Gasteiger partial charge on any atom is 0.308 e. The summed E-state index contributed by atoms with van der Waals surface area (Å²) in [6, 6.07) is 8.42. The Morgan fingerprint density at radius 2 is 0.875 bits per heavy atom. The van der Waals surface area contributed by atoms with Crippen LogP contribution in [0.2, 0.25) is 0 Å². The molecule has 11 heteroatoms. The lowest BCUT2D eigenvalue weighted by Crippen LogP contribution is -2.24. The van der Waals surface area contributed by atoms with Crippen molar-refractivity contribution in [2.75, 3.05) is 112 Å². The van der Waals surface area contributed by atoms with E-state index in [9.17, 15) is 4.79 Å². The van der Waals surface area contributed by atoms with Gasteiger partial charge in [0.1, 0.15) is 18.0 Å². The molecule has 280 valence electrons. The Morgan fingerprint density at radius 1 is 0.500 bits per heavy atom. The molecule has 0 bridgehead atoms. The van der Waals surface area contributed by atoms with Gasteiger partial charge < -0.3 is 47.4 Å². The van der Waals surface area contributed by atoms with Crippen molar-refractivity contribution in [2.24, 2.45) is 0 Å². The van der Waals surface area contributed by atoms with Crippen molar-refractivity contribution in [1.82, 2.24) is 0 Å². The van der Waals surface area contributed by atoms with Crippen LogP contribution in [0.4, 0.5) is 0 Å². The predicted octanol–water partition coefficient (Wildman–Crippen LogP) is 5.83. The Hall–Kier alpha value is -1.83. The van der Waals surface area contributed by atoms with Crippen LogP contribution in [0, 0.1) is 0 Å². The molecular formula is C37H66O11. The predicted molar refractivity (Wildman–Crippen MR) is 186 cm³/mol. The quantitative estimate of drug-likeness (QED) is 0.0636. The number of ether oxygens (including phenoxy) is 10. The molecule has 0 fully saturated rings. The zero-order valence-corrected chi connectivity index (χ0v) is 30.5. The number of carbonyl (C=O) groups is 1. The van der Waals surface area contributed by atoms with Crippen LogP contribution in [-0.4, -0.2) is 124 Å². The SMILES string of the molecule is CCCCCCCCc1ccc(OCCOCCOCCOCCOCCOCCOCCOCCOCCC(=O)OC(C)(C)C)cc1. The standard InChI is InChI=1S/C37H66O11/c1-5-6-7-8-9-10-11-34-12-14-35(15-13-34)47-33-32-46-31-30-45-29-28-44-27-26-43-25-24-42-23-22-41-21-20-40-19-18-39-17-16-36(38)48-37(2,3)4/h12-15H,5-11,16-33H2,1-4H3. The lowest BCUT2D eigenvalue weighted by Gasteiger charge is -2.19. The van der Waals surface area contributed by atoms with Crippen LogP contribution in [-0.2, 0) is 53.8 Å². The summed E-state index contributed by atoms with van der Waals surface area (Å²) in [5.41, 5.74) is 0.904. The average molecular weight is 687 g/mol. The maximum atomic E-state index is 11.6. The van der Waals surface area contributed by atoms with Crippen LogP contribution in [0.25, 0.3) is 0 Å². The van der Waals surface area contributed by atoms with Gasteiger partial charge in [0.2, 0.25) is 0 Å². The number of hydrogen-bond donors (Lipinski definition) is 0. The lowest BCUT2D eigenvalue weighted by atomic mass is 10.0. The molecule has 0 saturated carbocycles. The third kappa shape index (κ3) is 31.4. The minimum Gasteiger partial charge on any atom is -0.491 e. The monoisotopic (exact) mass is 686 g/mol. The van der Waals surface area contributed by atoms with Crippen molar-refractivity contribution < 1.29 is 52.2 Å². The van der Waals surface area contributed by atoms with Crippen LogP contribution in [0.5, 0.6) is 5.75 Å². The number of carbonyl (C=O) groups excluding carboxylic acids is 1. The van der Waals surface area contributed by atoms with E-state index in [4.69, 9.17) is 47.4 Å². The lowest BCUT2D eigenvalue weighted by molar-refractivity contribution is -0.156. The molecule has 1 rings (SSSR count). The van der Waals surface area contributed by atoms with Gasteiger partial charge in [0.15, 0.2) is 0 Å². The Labute approximate surface area is 290 Å². The van der Waals surface area contributed by atoms with Crippen molar-refractivity contribution in [1.29, 1.82) is 0 Å². The van der Waals surface area contributed by atoms with E-state index in [1.54, 1.807) is 0 Å². The molecule has 11 nitrogen and oxygen atoms in total. The molecule has 0 amide bonds. The highest BCUT2D eigenvalue weighted by molar-refractivity contribution is 5.69. The molecule has 0 N–H and O–H groups in total. The first-order valence-corrected chi connectivity index (χ1v) is 18.0. The summed E-state index contributed by atoms with van der Waals surface area (Å²) in [5, 5.41) is 0. The molecule has 0 saturated heterocycles. The van der Waals surface area contributed by atoms with E-state index < -0.39 is 5.60 Å². The third-order valence-electron chi connectivity index (χ3n) is 6.71. The molecule has 0 unspecified atom stereocenters. The molecule has 48 heavy (non-hydrogen) atoms. The summed E-state index contributed by atoms with van der Waals surface area (Å²) in [5.74, 6) is 0.621. The van der Waals surface area contributed by atoms with Crippen LogP contribution in [0.15, 0.2) is 24.3 Å². The summed E-state index contributed by atoms with van der Waals surface area (Å²) in [6.07, 6.45) is 9.31. The fourth-order valence-electron chi connectivity index (χ4n) is 4.27. The van der Waals surface area contributed by atoms with E-state index in [1.165, 1.54) is 44.1 Å². The van der Waals surface area contributed by atoms with Crippen molar-refractivity contribution in [3.63, 3.8) is 0 Å². The van der Waals surface area contributed by atoms with Gasteiger partial charge in [-0.1, -0.05) is 51.2 Å². The third-order valence-corrected chi connectivity index (χ3v) is 6.71. The fraction of sp³-hybridized carbons (Fsp3) is 0.811. The van der Waals surface area contributed by atoms with E-state index in [1.807, 2.05) is 32.9 Å². The number of aryl methyl sites for hydroxylation is 1. The largest absolute Gasteiger partial charge is 0.491 e. The van der Waals surface area contributed by atoms with E-state index >= 15 is 0 Å². The van der Waals surface area contributed by atoms with E-state index in [2.05, 4.69) is 19.1 Å². The molecule has 0 aliphatic rings. The van der Waals surface area contributed by atoms with Crippen molar-refractivity contribution in [2.45, 2.75) is 84.7 Å². The Balaban J connectivity index is 1.72. The number of benzene rings is 1. The topological polar surface area (TPSA) is 109 Å². The number of hydrogen-bond acceptors (Lipinski definition) is 11. The van der Waals surface area contributed by atoms with Crippen molar-refractivity contribution in [3.05, 3.63) is 29.8 Å².